The highest BCUT2D eigenvalue weighted by atomic mass is 16.2. The van der Waals surface area contributed by atoms with Gasteiger partial charge in [-0.15, -0.1) is 0 Å². The number of hydrogen-bond acceptors (Lipinski definition) is 3. The maximum atomic E-state index is 12.8. The van der Waals surface area contributed by atoms with Crippen molar-refractivity contribution in [1.82, 2.24) is 5.32 Å². The second kappa shape index (κ2) is 10.4. The molecule has 0 heterocycles. The van der Waals surface area contributed by atoms with Crippen molar-refractivity contribution >= 4 is 17.5 Å². The average molecular weight is 420 g/mol. The predicted molar refractivity (Wildman–Crippen MR) is 124 cm³/mol. The second-order valence-corrected chi connectivity index (χ2v) is 8.78. The number of hydrogen-bond donors (Lipinski definition) is 3. The molecular weight excluding hydrogens is 386 g/mol. The molecule has 4 N–H and O–H groups in total. The van der Waals surface area contributed by atoms with Gasteiger partial charge in [-0.2, -0.15) is 0 Å². The van der Waals surface area contributed by atoms with E-state index in [1.807, 2.05) is 12.1 Å². The molecule has 0 aliphatic heterocycles. The Hall–Kier alpha value is -2.95. The van der Waals surface area contributed by atoms with Gasteiger partial charge in [-0.05, 0) is 56.6 Å². The molecule has 0 saturated heterocycles. The van der Waals surface area contributed by atoms with Crippen LogP contribution in [0, 0.1) is 18.3 Å². The van der Waals surface area contributed by atoms with Crippen LogP contribution in [0.1, 0.15) is 67.2 Å². The van der Waals surface area contributed by atoms with Crippen LogP contribution in [-0.2, 0) is 16.0 Å². The van der Waals surface area contributed by atoms with Crippen LogP contribution in [0.3, 0.4) is 0 Å². The Bertz CT molecular complexity index is 936. The van der Waals surface area contributed by atoms with Crippen LogP contribution in [0.2, 0.25) is 0 Å². The van der Waals surface area contributed by atoms with Crippen molar-refractivity contribution in [3.63, 3.8) is 0 Å². The van der Waals surface area contributed by atoms with E-state index in [4.69, 9.17) is 11.1 Å². The summed E-state index contributed by atoms with van der Waals surface area (Å²) in [6, 6.07) is 15.4. The van der Waals surface area contributed by atoms with E-state index >= 15 is 0 Å². The Morgan fingerprint density at radius 2 is 1.90 bits per heavy atom. The number of amidine groups is 1. The molecule has 1 saturated carbocycles. The molecule has 0 aromatic heterocycles. The van der Waals surface area contributed by atoms with Gasteiger partial charge >= 0.3 is 0 Å². The maximum Gasteiger partial charge on any atom is 0.223 e. The smallest absolute Gasteiger partial charge is 0.223 e. The topological polar surface area (TPSA) is 96.0 Å². The number of benzene rings is 2. The molecule has 5 heteroatoms. The molecule has 1 fully saturated rings. The molecule has 31 heavy (non-hydrogen) atoms. The first-order chi connectivity index (χ1) is 14.8. The van der Waals surface area contributed by atoms with Crippen LogP contribution in [0.25, 0.3) is 0 Å². The quantitative estimate of drug-likeness (QED) is 0.441. The summed E-state index contributed by atoms with van der Waals surface area (Å²) in [5, 5.41) is 10.4. The number of carbonyl (C=O) groups is 2. The zero-order valence-electron chi connectivity index (χ0n) is 18.5. The molecule has 5 nitrogen and oxygen atoms in total. The summed E-state index contributed by atoms with van der Waals surface area (Å²) >= 11 is 0. The Labute approximate surface area is 184 Å². The molecule has 1 aliphatic rings. The zero-order chi connectivity index (χ0) is 22.4. The van der Waals surface area contributed by atoms with Gasteiger partial charge in [0.2, 0.25) is 5.91 Å². The normalized spacial score (nSPS) is 19.4. The summed E-state index contributed by atoms with van der Waals surface area (Å²) in [6.45, 7) is 3.88. The molecule has 0 unspecified atom stereocenters. The highest BCUT2D eigenvalue weighted by Crippen LogP contribution is 2.36. The molecule has 1 amide bonds. The van der Waals surface area contributed by atoms with E-state index in [0.717, 1.165) is 31.2 Å². The molecule has 0 radical (unpaired) electrons. The van der Waals surface area contributed by atoms with Crippen LogP contribution in [0.15, 0.2) is 48.5 Å². The third kappa shape index (κ3) is 6.27. The Kier molecular flexibility index (Phi) is 7.61. The largest absolute Gasteiger partial charge is 0.384 e. The summed E-state index contributed by atoms with van der Waals surface area (Å²) in [7, 11) is 0. The molecule has 2 aromatic carbocycles. The van der Waals surface area contributed by atoms with E-state index in [0.29, 0.717) is 24.3 Å². The fourth-order valence-electron chi connectivity index (χ4n) is 4.40. The monoisotopic (exact) mass is 419 g/mol. The van der Waals surface area contributed by atoms with Crippen molar-refractivity contribution in [2.24, 2.45) is 11.7 Å². The van der Waals surface area contributed by atoms with Gasteiger partial charge in [-0.25, -0.2) is 0 Å². The number of aryl methyl sites for hydroxylation is 2. The Morgan fingerprint density at radius 3 is 2.58 bits per heavy atom. The zero-order valence-corrected chi connectivity index (χ0v) is 18.5. The second-order valence-electron chi connectivity index (χ2n) is 8.78. The number of carbonyl (C=O) groups excluding carboxylic acids is 2. The summed E-state index contributed by atoms with van der Waals surface area (Å²) < 4.78 is 0. The van der Waals surface area contributed by atoms with E-state index in [9.17, 15) is 9.59 Å². The number of nitrogens with one attached hydrogen (secondary N) is 2. The Morgan fingerprint density at radius 1 is 1.16 bits per heavy atom. The first-order valence-corrected chi connectivity index (χ1v) is 11.2. The van der Waals surface area contributed by atoms with Crippen LogP contribution in [0.5, 0.6) is 0 Å². The summed E-state index contributed by atoms with van der Waals surface area (Å²) in [4.78, 5) is 25.4. The fraction of sp³-hybridized carbons (Fsp3) is 0.423. The molecule has 2 aromatic rings. The van der Waals surface area contributed by atoms with E-state index in [1.54, 1.807) is 19.1 Å². The third-order valence-corrected chi connectivity index (χ3v) is 6.33. The number of nitrogens with two attached hydrogens (primary N) is 1. The van der Waals surface area contributed by atoms with Crippen LogP contribution in [-0.4, -0.2) is 23.6 Å². The van der Waals surface area contributed by atoms with Crippen LogP contribution in [0.4, 0.5) is 0 Å². The number of nitrogen functional groups attached to an aromatic ring is 1. The average Bonchev–Trinajstić information content (AvgIpc) is 2.77. The minimum absolute atomic E-state index is 0.00372. The molecule has 0 bridgehead atoms. The standard InChI is InChI=1S/C26H33N3O2/c1-17-5-3-6-21(15-17)22-7-4-8-23(16-22)26(31)29-18(2)24(30)14-11-19-9-12-20(13-10-19)25(27)28/h3,5-6,9-10,12-13,15,18,22-23H,4,7-8,11,14,16H2,1-2H3,(H3,27,28)(H,29,31)/t18-,22-,23+/m0/s1. The first kappa shape index (κ1) is 22.7. The van der Waals surface area contributed by atoms with Crippen molar-refractivity contribution in [2.45, 2.75) is 64.3 Å². The van der Waals surface area contributed by atoms with Gasteiger partial charge in [0.05, 0.1) is 6.04 Å². The van der Waals surface area contributed by atoms with Gasteiger partial charge < -0.3 is 11.1 Å². The summed E-state index contributed by atoms with van der Waals surface area (Å²) in [5.41, 5.74) is 9.73. The van der Waals surface area contributed by atoms with Crippen LogP contribution >= 0.6 is 0 Å². The van der Waals surface area contributed by atoms with E-state index in [-0.39, 0.29) is 23.4 Å². The lowest BCUT2D eigenvalue weighted by molar-refractivity contribution is -0.130. The third-order valence-electron chi connectivity index (χ3n) is 6.33. The lowest BCUT2D eigenvalue weighted by atomic mass is 9.77. The molecule has 164 valence electrons. The molecule has 0 spiro atoms. The van der Waals surface area contributed by atoms with Crippen LogP contribution < -0.4 is 11.1 Å². The Balaban J connectivity index is 1.49. The molecular formula is C26H33N3O2. The SMILES string of the molecule is Cc1cccc([C@H]2CCC[C@@H](C(=O)N[C@@H](C)C(=O)CCc3ccc(C(=N)N)cc3)C2)c1. The van der Waals surface area contributed by atoms with Gasteiger partial charge in [0.15, 0.2) is 5.78 Å². The highest BCUT2D eigenvalue weighted by molar-refractivity contribution is 5.95. The van der Waals surface area contributed by atoms with Gasteiger partial charge in [0.25, 0.3) is 0 Å². The van der Waals surface area contributed by atoms with Crippen molar-refractivity contribution in [1.29, 1.82) is 5.41 Å². The minimum atomic E-state index is -0.483. The summed E-state index contributed by atoms with van der Waals surface area (Å²) in [6.07, 6.45) is 4.86. The van der Waals surface area contributed by atoms with Crippen molar-refractivity contribution in [2.75, 3.05) is 0 Å². The van der Waals surface area contributed by atoms with Gasteiger partial charge in [0, 0.05) is 17.9 Å². The molecule has 1 aliphatic carbocycles. The molecule has 3 atom stereocenters. The van der Waals surface area contributed by atoms with Crippen molar-refractivity contribution < 1.29 is 9.59 Å². The summed E-state index contributed by atoms with van der Waals surface area (Å²) in [5.74, 6) is 0.451. The minimum Gasteiger partial charge on any atom is -0.384 e. The van der Waals surface area contributed by atoms with Gasteiger partial charge in [-0.1, -0.05) is 60.5 Å². The molecule has 3 rings (SSSR count). The van der Waals surface area contributed by atoms with Gasteiger partial charge in [-0.3, -0.25) is 15.0 Å². The maximum absolute atomic E-state index is 12.8. The number of ketones is 1. The number of amides is 1. The lowest BCUT2D eigenvalue weighted by Gasteiger charge is -2.29. The fourth-order valence-corrected chi connectivity index (χ4v) is 4.40. The van der Waals surface area contributed by atoms with E-state index < -0.39 is 6.04 Å². The van der Waals surface area contributed by atoms with Crippen molar-refractivity contribution in [3.05, 3.63) is 70.8 Å². The lowest BCUT2D eigenvalue weighted by Crippen LogP contribution is -2.42. The number of rotatable bonds is 8. The van der Waals surface area contributed by atoms with E-state index in [2.05, 4.69) is 36.5 Å². The van der Waals surface area contributed by atoms with Crippen molar-refractivity contribution in [3.8, 4) is 0 Å². The predicted octanol–water partition coefficient (Wildman–Crippen LogP) is 4.26. The highest BCUT2D eigenvalue weighted by Gasteiger charge is 2.29. The number of Topliss-reactive ketones (excluding diaryl/α,β-unsaturated/α-hetero) is 1. The van der Waals surface area contributed by atoms with E-state index in [1.165, 1.54) is 11.1 Å². The van der Waals surface area contributed by atoms with Gasteiger partial charge in [0.1, 0.15) is 5.84 Å². The first-order valence-electron chi connectivity index (χ1n) is 11.2.